The fraction of sp³-hybridized carbons (Fsp3) is 0.227. The van der Waals surface area contributed by atoms with Crippen molar-refractivity contribution < 1.29 is 14.0 Å². The summed E-state index contributed by atoms with van der Waals surface area (Å²) in [7, 11) is 1.56. The van der Waals surface area contributed by atoms with Crippen LogP contribution in [0.3, 0.4) is 0 Å². The van der Waals surface area contributed by atoms with Crippen LogP contribution in [0.2, 0.25) is 0 Å². The van der Waals surface area contributed by atoms with Crippen LogP contribution in [0.5, 0.6) is 0 Å². The first-order chi connectivity index (χ1) is 13.4. The van der Waals surface area contributed by atoms with E-state index in [4.69, 9.17) is 0 Å². The molecule has 28 heavy (non-hydrogen) atoms. The Morgan fingerprint density at radius 3 is 2.36 bits per heavy atom. The summed E-state index contributed by atoms with van der Waals surface area (Å²) in [5, 5.41) is 2.73. The highest BCUT2D eigenvalue weighted by molar-refractivity contribution is 7.09. The molecular weight excluding hydrogens is 375 g/mol. The third-order valence-corrected chi connectivity index (χ3v) is 5.47. The zero-order chi connectivity index (χ0) is 20.3. The number of carbonyl (C=O) groups is 2. The van der Waals surface area contributed by atoms with Gasteiger partial charge in [-0.2, -0.15) is 0 Å². The number of thiazole rings is 1. The maximum absolute atomic E-state index is 14.5. The van der Waals surface area contributed by atoms with Gasteiger partial charge in [-0.1, -0.05) is 37.3 Å². The number of ketones is 1. The lowest BCUT2D eigenvalue weighted by Gasteiger charge is -2.17. The van der Waals surface area contributed by atoms with Crippen molar-refractivity contribution in [1.29, 1.82) is 0 Å². The minimum Gasteiger partial charge on any atom is -0.313 e. The van der Waals surface area contributed by atoms with Gasteiger partial charge in [0, 0.05) is 30.1 Å². The SMILES string of the molecule is CCC(=O)N(C)c1ccc(-c2ccc(C(=O)Cc3nc(C)cs3)cc2)cc1F. The van der Waals surface area contributed by atoms with Crippen molar-refractivity contribution in [2.75, 3.05) is 11.9 Å². The van der Waals surface area contributed by atoms with Gasteiger partial charge in [-0.3, -0.25) is 9.59 Å². The van der Waals surface area contributed by atoms with Crippen molar-refractivity contribution in [3.63, 3.8) is 0 Å². The van der Waals surface area contributed by atoms with E-state index in [1.165, 1.54) is 22.3 Å². The molecule has 0 saturated heterocycles. The fourth-order valence-electron chi connectivity index (χ4n) is 2.90. The van der Waals surface area contributed by atoms with Gasteiger partial charge in [0.2, 0.25) is 5.91 Å². The Hall–Kier alpha value is -2.86. The molecule has 1 aromatic heterocycles. The molecule has 3 rings (SSSR count). The molecule has 4 nitrogen and oxygen atoms in total. The molecule has 0 fully saturated rings. The summed E-state index contributed by atoms with van der Waals surface area (Å²) in [6.45, 7) is 3.64. The average molecular weight is 396 g/mol. The predicted octanol–water partition coefficient (Wildman–Crippen LogP) is 5.06. The molecule has 0 aliphatic heterocycles. The van der Waals surface area contributed by atoms with Crippen LogP contribution in [0.4, 0.5) is 10.1 Å². The molecule has 0 atom stereocenters. The van der Waals surface area contributed by atoms with Crippen molar-refractivity contribution in [2.24, 2.45) is 0 Å². The molecule has 0 bridgehead atoms. The van der Waals surface area contributed by atoms with Gasteiger partial charge in [-0.05, 0) is 30.2 Å². The summed E-state index contributed by atoms with van der Waals surface area (Å²) in [6.07, 6.45) is 0.590. The second-order valence-electron chi connectivity index (χ2n) is 6.53. The number of aryl methyl sites for hydroxylation is 1. The summed E-state index contributed by atoms with van der Waals surface area (Å²) in [4.78, 5) is 29.8. The molecule has 0 radical (unpaired) electrons. The Kier molecular flexibility index (Phi) is 5.99. The van der Waals surface area contributed by atoms with Crippen LogP contribution in [-0.4, -0.2) is 23.7 Å². The number of anilines is 1. The lowest BCUT2D eigenvalue weighted by molar-refractivity contribution is -0.118. The number of nitrogens with zero attached hydrogens (tertiary/aromatic N) is 2. The Labute approximate surface area is 167 Å². The molecule has 0 aliphatic carbocycles. The van der Waals surface area contributed by atoms with Crippen molar-refractivity contribution in [1.82, 2.24) is 4.98 Å². The lowest BCUT2D eigenvalue weighted by atomic mass is 10.0. The maximum atomic E-state index is 14.5. The second-order valence-corrected chi connectivity index (χ2v) is 7.48. The van der Waals surface area contributed by atoms with E-state index in [1.54, 1.807) is 50.4 Å². The molecule has 0 unspecified atom stereocenters. The molecule has 0 aliphatic rings. The zero-order valence-corrected chi connectivity index (χ0v) is 16.8. The summed E-state index contributed by atoms with van der Waals surface area (Å²) in [5.41, 5.74) is 3.26. The first-order valence-corrected chi connectivity index (χ1v) is 9.87. The number of carbonyl (C=O) groups excluding carboxylic acids is 2. The second kappa shape index (κ2) is 8.44. The van der Waals surface area contributed by atoms with Crippen LogP contribution < -0.4 is 4.90 Å². The van der Waals surface area contributed by atoms with E-state index >= 15 is 0 Å². The van der Waals surface area contributed by atoms with Crippen LogP contribution >= 0.6 is 11.3 Å². The quantitative estimate of drug-likeness (QED) is 0.548. The van der Waals surface area contributed by atoms with E-state index < -0.39 is 5.82 Å². The molecular formula is C22H21FN2O2S. The Bertz CT molecular complexity index is 1010. The van der Waals surface area contributed by atoms with Crippen LogP contribution in [0, 0.1) is 12.7 Å². The van der Waals surface area contributed by atoms with Gasteiger partial charge in [-0.25, -0.2) is 9.37 Å². The molecule has 0 spiro atoms. The third-order valence-electron chi connectivity index (χ3n) is 4.50. The lowest BCUT2D eigenvalue weighted by Crippen LogP contribution is -2.25. The molecule has 1 heterocycles. The average Bonchev–Trinajstić information content (AvgIpc) is 3.11. The number of rotatable bonds is 6. The summed E-state index contributed by atoms with van der Waals surface area (Å²) in [6, 6.07) is 11.9. The van der Waals surface area contributed by atoms with E-state index in [-0.39, 0.29) is 23.8 Å². The van der Waals surface area contributed by atoms with Gasteiger partial charge in [0.1, 0.15) is 10.8 Å². The van der Waals surface area contributed by atoms with E-state index in [9.17, 15) is 14.0 Å². The molecule has 144 valence electrons. The largest absolute Gasteiger partial charge is 0.313 e. The molecule has 2 aromatic carbocycles. The van der Waals surface area contributed by atoms with E-state index in [0.29, 0.717) is 17.5 Å². The van der Waals surface area contributed by atoms with Gasteiger partial charge >= 0.3 is 0 Å². The molecule has 1 amide bonds. The number of hydrogen-bond acceptors (Lipinski definition) is 4. The fourth-order valence-corrected chi connectivity index (χ4v) is 3.67. The van der Waals surface area contributed by atoms with Crippen molar-refractivity contribution >= 4 is 28.7 Å². The van der Waals surface area contributed by atoms with Gasteiger partial charge in [0.05, 0.1) is 12.1 Å². The predicted molar refractivity (Wildman–Crippen MR) is 110 cm³/mol. The van der Waals surface area contributed by atoms with Crippen LogP contribution in [-0.2, 0) is 11.2 Å². The minimum absolute atomic E-state index is 0.00197. The van der Waals surface area contributed by atoms with Gasteiger partial charge < -0.3 is 4.90 Å². The summed E-state index contributed by atoms with van der Waals surface area (Å²) in [5.74, 6) is -0.604. The number of aromatic nitrogens is 1. The van der Waals surface area contributed by atoms with Gasteiger partial charge in [0.15, 0.2) is 5.78 Å². The Morgan fingerprint density at radius 2 is 1.79 bits per heavy atom. The number of benzene rings is 2. The number of amides is 1. The minimum atomic E-state index is -0.457. The van der Waals surface area contributed by atoms with Crippen LogP contribution in [0.25, 0.3) is 11.1 Å². The van der Waals surface area contributed by atoms with Crippen molar-refractivity contribution in [3.8, 4) is 11.1 Å². The number of halogens is 1. The monoisotopic (exact) mass is 396 g/mol. The standard InChI is InChI=1S/C22H21FN2O2S/c1-4-22(27)25(3)19-10-9-17(11-18(19)23)15-5-7-16(8-6-15)20(26)12-21-24-14(2)13-28-21/h5-11,13H,4,12H2,1-3H3. The highest BCUT2D eigenvalue weighted by Crippen LogP contribution is 2.27. The van der Waals surface area contributed by atoms with E-state index in [0.717, 1.165) is 16.3 Å². The van der Waals surface area contributed by atoms with Crippen LogP contribution in [0.15, 0.2) is 47.8 Å². The Morgan fingerprint density at radius 1 is 1.11 bits per heavy atom. The maximum Gasteiger partial charge on any atom is 0.226 e. The molecule has 6 heteroatoms. The van der Waals surface area contributed by atoms with Crippen molar-refractivity contribution in [3.05, 3.63) is 69.9 Å². The van der Waals surface area contributed by atoms with Gasteiger partial charge in [-0.15, -0.1) is 11.3 Å². The normalized spacial score (nSPS) is 10.7. The van der Waals surface area contributed by atoms with E-state index in [1.807, 2.05) is 12.3 Å². The van der Waals surface area contributed by atoms with Crippen LogP contribution in [0.1, 0.15) is 34.4 Å². The first kappa shape index (κ1) is 19.9. The Balaban J connectivity index is 1.77. The highest BCUT2D eigenvalue weighted by atomic mass is 32.1. The van der Waals surface area contributed by atoms with Gasteiger partial charge in [0.25, 0.3) is 0 Å². The zero-order valence-electron chi connectivity index (χ0n) is 16.0. The molecule has 3 aromatic rings. The van der Waals surface area contributed by atoms with E-state index in [2.05, 4.69) is 4.98 Å². The molecule has 0 saturated carbocycles. The smallest absolute Gasteiger partial charge is 0.226 e. The first-order valence-electron chi connectivity index (χ1n) is 8.99. The number of Topliss-reactive ketones (excluding diaryl/α,β-unsaturated/α-hetero) is 1. The third kappa shape index (κ3) is 4.34. The summed E-state index contributed by atoms with van der Waals surface area (Å²) < 4.78 is 14.5. The van der Waals surface area contributed by atoms with Crippen molar-refractivity contribution in [2.45, 2.75) is 26.7 Å². The molecule has 0 N–H and O–H groups in total. The highest BCUT2D eigenvalue weighted by Gasteiger charge is 2.15. The summed E-state index contributed by atoms with van der Waals surface area (Å²) >= 11 is 1.48. The topological polar surface area (TPSA) is 50.3 Å². The number of hydrogen-bond donors (Lipinski definition) is 0.